The molecule has 0 aliphatic carbocycles. The summed E-state index contributed by atoms with van der Waals surface area (Å²) in [5, 5.41) is 2.02. The average molecular weight is 404 g/mol. The number of allylic oxidation sites excluding steroid dienone is 1. The van der Waals surface area contributed by atoms with E-state index >= 15 is 0 Å². The zero-order valence-corrected chi connectivity index (χ0v) is 17.7. The number of anilines is 1. The van der Waals surface area contributed by atoms with Gasteiger partial charge in [0, 0.05) is 23.4 Å². The molecule has 1 aliphatic rings. The third kappa shape index (κ3) is 4.28. The van der Waals surface area contributed by atoms with Crippen LogP contribution >= 0.6 is 11.3 Å². The molecular weight excluding hydrogens is 378 g/mol. The van der Waals surface area contributed by atoms with E-state index in [4.69, 9.17) is 4.74 Å². The molecular formula is C25H25NO2S. The van der Waals surface area contributed by atoms with Crippen LogP contribution in [0.25, 0.3) is 6.08 Å². The molecule has 2 heterocycles. The molecule has 0 bridgehead atoms. The van der Waals surface area contributed by atoms with Crippen LogP contribution in [-0.2, 0) is 13.0 Å². The molecule has 29 heavy (non-hydrogen) atoms. The molecule has 0 N–H and O–H groups in total. The Bertz CT molecular complexity index is 1050. The number of carbonyl (C=O) groups is 1. The number of para-hydroxylation sites is 1. The van der Waals surface area contributed by atoms with Gasteiger partial charge in [-0.25, -0.2) is 0 Å². The monoisotopic (exact) mass is 403 g/mol. The number of carbonyl (C=O) groups excluding carboxylic acids is 1. The number of amides is 1. The van der Waals surface area contributed by atoms with E-state index in [1.165, 1.54) is 22.5 Å². The van der Waals surface area contributed by atoms with Gasteiger partial charge in [0.25, 0.3) is 5.91 Å². The first-order valence-corrected chi connectivity index (χ1v) is 10.9. The number of rotatable bonds is 5. The summed E-state index contributed by atoms with van der Waals surface area (Å²) in [6.07, 6.45) is 6.08. The number of aryl methyl sites for hydroxylation is 2. The number of benzene rings is 2. The van der Waals surface area contributed by atoms with Crippen molar-refractivity contribution < 1.29 is 9.53 Å². The molecule has 3 aromatic rings. The zero-order chi connectivity index (χ0) is 20.2. The summed E-state index contributed by atoms with van der Waals surface area (Å²) in [5.41, 5.74) is 5.65. The minimum absolute atomic E-state index is 0.0837. The zero-order valence-electron chi connectivity index (χ0n) is 16.9. The van der Waals surface area contributed by atoms with E-state index in [9.17, 15) is 4.79 Å². The highest BCUT2D eigenvalue weighted by molar-refractivity contribution is 7.12. The van der Waals surface area contributed by atoms with E-state index in [1.54, 1.807) is 0 Å². The van der Waals surface area contributed by atoms with Crippen LogP contribution in [0.5, 0.6) is 5.75 Å². The summed E-state index contributed by atoms with van der Waals surface area (Å²) in [4.78, 5) is 15.9. The van der Waals surface area contributed by atoms with Crippen molar-refractivity contribution >= 4 is 29.0 Å². The Morgan fingerprint density at radius 2 is 2.07 bits per heavy atom. The van der Waals surface area contributed by atoms with Crippen molar-refractivity contribution in [2.24, 2.45) is 0 Å². The van der Waals surface area contributed by atoms with E-state index in [1.807, 2.05) is 59.7 Å². The van der Waals surface area contributed by atoms with Gasteiger partial charge in [0.2, 0.25) is 0 Å². The normalized spacial score (nSPS) is 13.5. The second kappa shape index (κ2) is 8.66. The molecule has 148 valence electrons. The number of nitrogens with zero attached hydrogens (tertiary/aromatic N) is 1. The topological polar surface area (TPSA) is 29.5 Å². The van der Waals surface area contributed by atoms with Gasteiger partial charge in [0.1, 0.15) is 12.4 Å². The predicted octanol–water partition coefficient (Wildman–Crippen LogP) is 6.26. The van der Waals surface area contributed by atoms with Crippen LogP contribution in [0.1, 0.15) is 45.3 Å². The lowest BCUT2D eigenvalue weighted by molar-refractivity contribution is 0.0989. The van der Waals surface area contributed by atoms with Crippen molar-refractivity contribution in [3.63, 3.8) is 0 Å². The Morgan fingerprint density at radius 1 is 1.21 bits per heavy atom. The average Bonchev–Trinajstić information content (AvgIpc) is 3.21. The minimum atomic E-state index is 0.0837. The van der Waals surface area contributed by atoms with Gasteiger partial charge in [-0.05, 0) is 55.8 Å². The van der Waals surface area contributed by atoms with Gasteiger partial charge in [-0.15, -0.1) is 11.3 Å². The summed E-state index contributed by atoms with van der Waals surface area (Å²) in [7, 11) is 0. The molecule has 1 aliphatic heterocycles. The number of hydrogen-bond donors (Lipinski definition) is 0. The number of ether oxygens (including phenoxy) is 1. The lowest BCUT2D eigenvalue weighted by atomic mass is 9.99. The second-order valence-electron chi connectivity index (χ2n) is 7.34. The van der Waals surface area contributed by atoms with Crippen molar-refractivity contribution in [2.75, 3.05) is 11.4 Å². The molecule has 0 saturated heterocycles. The minimum Gasteiger partial charge on any atom is -0.488 e. The molecule has 0 atom stereocenters. The quantitative estimate of drug-likeness (QED) is 0.503. The van der Waals surface area contributed by atoms with Crippen molar-refractivity contribution in [2.45, 2.75) is 33.3 Å². The van der Waals surface area contributed by atoms with E-state index < -0.39 is 0 Å². The van der Waals surface area contributed by atoms with Crippen molar-refractivity contribution in [3.05, 3.63) is 87.1 Å². The molecule has 0 spiro atoms. The first-order chi connectivity index (χ1) is 14.2. The fourth-order valence-electron chi connectivity index (χ4n) is 3.72. The Balaban J connectivity index is 1.48. The maximum absolute atomic E-state index is 13.2. The second-order valence-corrected chi connectivity index (χ2v) is 8.25. The van der Waals surface area contributed by atoms with E-state index in [0.29, 0.717) is 6.61 Å². The molecule has 4 heteroatoms. The van der Waals surface area contributed by atoms with Gasteiger partial charge in [0.15, 0.2) is 0 Å². The molecule has 4 rings (SSSR count). The number of hydrogen-bond acceptors (Lipinski definition) is 3. The molecule has 0 unspecified atom stereocenters. The van der Waals surface area contributed by atoms with Crippen LogP contribution in [0.3, 0.4) is 0 Å². The van der Waals surface area contributed by atoms with Crippen LogP contribution in [0, 0.1) is 6.92 Å². The summed E-state index contributed by atoms with van der Waals surface area (Å²) in [6.45, 7) is 5.32. The summed E-state index contributed by atoms with van der Waals surface area (Å²) in [6, 6.07) is 16.3. The number of thiophene rings is 1. The van der Waals surface area contributed by atoms with Crippen LogP contribution in [0.2, 0.25) is 0 Å². The molecule has 1 aromatic heterocycles. The molecule has 1 amide bonds. The van der Waals surface area contributed by atoms with Gasteiger partial charge in [-0.2, -0.15) is 0 Å². The SMILES string of the molecule is C/C=C/c1ccccc1OCc1csc(C(=O)N2CCCc3cc(C)ccc32)c1. The molecule has 2 aromatic carbocycles. The number of fused-ring (bicyclic) bond motifs is 1. The van der Waals surface area contributed by atoms with Crippen molar-refractivity contribution in [1.82, 2.24) is 0 Å². The van der Waals surface area contributed by atoms with E-state index in [2.05, 4.69) is 25.1 Å². The highest BCUT2D eigenvalue weighted by atomic mass is 32.1. The Morgan fingerprint density at radius 3 is 2.93 bits per heavy atom. The smallest absolute Gasteiger partial charge is 0.268 e. The van der Waals surface area contributed by atoms with E-state index in [-0.39, 0.29) is 5.91 Å². The first-order valence-electron chi connectivity index (χ1n) is 9.99. The van der Waals surface area contributed by atoms with Gasteiger partial charge in [0.05, 0.1) is 4.88 Å². The van der Waals surface area contributed by atoms with Gasteiger partial charge in [-0.1, -0.05) is 48.0 Å². The first kappa shape index (κ1) is 19.5. The summed E-state index contributed by atoms with van der Waals surface area (Å²) < 4.78 is 6.01. The van der Waals surface area contributed by atoms with Crippen LogP contribution in [-0.4, -0.2) is 12.5 Å². The summed E-state index contributed by atoms with van der Waals surface area (Å²) >= 11 is 1.49. The maximum atomic E-state index is 13.2. The summed E-state index contributed by atoms with van der Waals surface area (Å²) in [5.74, 6) is 0.936. The Kier molecular flexibility index (Phi) is 5.81. The highest BCUT2D eigenvalue weighted by Crippen LogP contribution is 2.30. The molecule has 3 nitrogen and oxygen atoms in total. The lowest BCUT2D eigenvalue weighted by Gasteiger charge is -2.29. The molecule has 0 saturated carbocycles. The predicted molar refractivity (Wildman–Crippen MR) is 121 cm³/mol. The fourth-order valence-corrected chi connectivity index (χ4v) is 4.57. The van der Waals surface area contributed by atoms with E-state index in [0.717, 1.165) is 46.8 Å². The van der Waals surface area contributed by atoms with Gasteiger partial charge < -0.3 is 9.64 Å². The lowest BCUT2D eigenvalue weighted by Crippen LogP contribution is -2.35. The molecule has 0 fully saturated rings. The Labute approximate surface area is 176 Å². The third-order valence-electron chi connectivity index (χ3n) is 5.12. The van der Waals surface area contributed by atoms with Gasteiger partial charge >= 0.3 is 0 Å². The van der Waals surface area contributed by atoms with Crippen molar-refractivity contribution in [3.8, 4) is 5.75 Å². The van der Waals surface area contributed by atoms with Crippen molar-refractivity contribution in [1.29, 1.82) is 0 Å². The molecule has 0 radical (unpaired) electrons. The largest absolute Gasteiger partial charge is 0.488 e. The van der Waals surface area contributed by atoms with Crippen LogP contribution in [0.15, 0.2) is 60.0 Å². The fraction of sp³-hybridized carbons (Fsp3) is 0.240. The standard InChI is InChI=1S/C25H25NO2S/c1-3-7-20-8-4-5-10-23(20)28-16-19-15-24(29-17-19)25(27)26-13-6-9-21-14-18(2)11-12-22(21)26/h3-5,7-8,10-12,14-15,17H,6,9,13,16H2,1-2H3/b7-3+. The van der Waals surface area contributed by atoms with Crippen LogP contribution < -0.4 is 9.64 Å². The third-order valence-corrected chi connectivity index (χ3v) is 6.09. The highest BCUT2D eigenvalue weighted by Gasteiger charge is 2.24. The van der Waals surface area contributed by atoms with Gasteiger partial charge in [-0.3, -0.25) is 4.79 Å². The van der Waals surface area contributed by atoms with Crippen LogP contribution in [0.4, 0.5) is 5.69 Å². The Hall–Kier alpha value is -2.85. The maximum Gasteiger partial charge on any atom is 0.268 e.